The number of hydrogen-bond donors (Lipinski definition) is 2. The summed E-state index contributed by atoms with van der Waals surface area (Å²) < 4.78 is 38.9. The smallest absolute Gasteiger partial charge is 0.240 e. The van der Waals surface area contributed by atoms with Gasteiger partial charge in [-0.05, 0) is 37.0 Å². The Labute approximate surface area is 112 Å². The molecule has 1 aromatic carbocycles. The van der Waals surface area contributed by atoms with E-state index in [9.17, 15) is 12.8 Å². The molecule has 1 aliphatic rings. The minimum Gasteiger partial charge on any atom is -0.326 e. The fourth-order valence-corrected chi connectivity index (χ4v) is 2.72. The topological polar surface area (TPSA) is 72.2 Å². The third kappa shape index (κ3) is 3.91. The molecule has 0 aliphatic heterocycles. The molecule has 102 valence electrons. The SMILES string of the molecule is Cl.NC(CNS(=O)(=O)c1cccc(F)c1)C1CC1. The number of nitrogens with two attached hydrogens (primary N) is 1. The van der Waals surface area contributed by atoms with Crippen molar-refractivity contribution in [2.75, 3.05) is 6.54 Å². The molecule has 1 atom stereocenters. The van der Waals surface area contributed by atoms with Crippen LogP contribution in [0.1, 0.15) is 12.8 Å². The summed E-state index contributed by atoms with van der Waals surface area (Å²) in [7, 11) is -3.65. The van der Waals surface area contributed by atoms with E-state index >= 15 is 0 Å². The van der Waals surface area contributed by atoms with Crippen LogP contribution in [0.3, 0.4) is 0 Å². The maximum Gasteiger partial charge on any atom is 0.240 e. The highest BCUT2D eigenvalue weighted by Gasteiger charge is 2.29. The molecule has 18 heavy (non-hydrogen) atoms. The summed E-state index contributed by atoms with van der Waals surface area (Å²) in [5.74, 6) is -0.149. The minimum absolute atomic E-state index is 0. The van der Waals surface area contributed by atoms with Gasteiger partial charge in [-0.15, -0.1) is 12.4 Å². The predicted molar refractivity (Wildman–Crippen MR) is 69.5 cm³/mol. The Morgan fingerprint density at radius 1 is 1.44 bits per heavy atom. The Morgan fingerprint density at radius 3 is 2.67 bits per heavy atom. The normalized spacial score (nSPS) is 17.0. The van der Waals surface area contributed by atoms with Crippen LogP contribution in [0.25, 0.3) is 0 Å². The van der Waals surface area contributed by atoms with E-state index in [0.29, 0.717) is 5.92 Å². The van der Waals surface area contributed by atoms with E-state index in [2.05, 4.69) is 4.72 Å². The lowest BCUT2D eigenvalue weighted by molar-refractivity contribution is 0.546. The molecule has 0 radical (unpaired) electrons. The van der Waals surface area contributed by atoms with Gasteiger partial charge in [-0.2, -0.15) is 0 Å². The first kappa shape index (κ1) is 15.4. The van der Waals surface area contributed by atoms with Gasteiger partial charge in [-0.25, -0.2) is 17.5 Å². The van der Waals surface area contributed by atoms with E-state index in [-0.39, 0.29) is 29.9 Å². The van der Waals surface area contributed by atoms with Gasteiger partial charge >= 0.3 is 0 Å². The van der Waals surface area contributed by atoms with Crippen LogP contribution in [0.4, 0.5) is 4.39 Å². The number of hydrogen-bond acceptors (Lipinski definition) is 3. The molecule has 1 saturated carbocycles. The molecule has 1 fully saturated rings. The fourth-order valence-electron chi connectivity index (χ4n) is 1.61. The standard InChI is InChI=1S/C11H15FN2O2S.ClH/c12-9-2-1-3-10(6-9)17(15,16)14-7-11(13)8-4-5-8;/h1-3,6,8,11,14H,4-5,7,13H2;1H. The van der Waals surface area contributed by atoms with Crippen molar-refractivity contribution >= 4 is 22.4 Å². The first-order chi connectivity index (χ1) is 7.99. The van der Waals surface area contributed by atoms with Gasteiger partial charge in [0.25, 0.3) is 0 Å². The van der Waals surface area contributed by atoms with Gasteiger partial charge in [-0.1, -0.05) is 6.07 Å². The third-order valence-corrected chi connectivity index (χ3v) is 4.26. The number of sulfonamides is 1. The molecule has 0 heterocycles. The number of benzene rings is 1. The summed E-state index contributed by atoms with van der Waals surface area (Å²) in [4.78, 5) is -0.0690. The van der Waals surface area contributed by atoms with Crippen molar-refractivity contribution in [3.05, 3.63) is 30.1 Å². The zero-order chi connectivity index (χ0) is 12.5. The zero-order valence-electron chi connectivity index (χ0n) is 9.67. The van der Waals surface area contributed by atoms with Gasteiger partial charge in [0.1, 0.15) is 5.82 Å². The van der Waals surface area contributed by atoms with E-state index in [4.69, 9.17) is 5.73 Å². The van der Waals surface area contributed by atoms with Crippen LogP contribution in [0, 0.1) is 11.7 Å². The molecule has 0 saturated heterocycles. The molecular weight excluding hydrogens is 279 g/mol. The first-order valence-corrected chi connectivity index (χ1v) is 6.98. The molecule has 7 heteroatoms. The van der Waals surface area contributed by atoms with E-state index in [1.807, 2.05) is 0 Å². The molecule has 2 rings (SSSR count). The van der Waals surface area contributed by atoms with Gasteiger partial charge < -0.3 is 5.73 Å². The molecular formula is C11H16ClFN2O2S. The molecule has 0 amide bonds. The minimum atomic E-state index is -3.65. The van der Waals surface area contributed by atoms with Crippen LogP contribution >= 0.6 is 12.4 Å². The van der Waals surface area contributed by atoms with Crippen molar-refractivity contribution in [3.8, 4) is 0 Å². The van der Waals surface area contributed by atoms with Crippen LogP contribution in [0.15, 0.2) is 29.2 Å². The van der Waals surface area contributed by atoms with Gasteiger partial charge in [0.2, 0.25) is 10.0 Å². The Bertz CT molecular complexity index is 506. The highest BCUT2D eigenvalue weighted by Crippen LogP contribution is 2.31. The maximum atomic E-state index is 12.9. The molecule has 1 aliphatic carbocycles. The summed E-state index contributed by atoms with van der Waals surface area (Å²) in [5.41, 5.74) is 5.79. The van der Waals surface area contributed by atoms with E-state index < -0.39 is 15.8 Å². The molecule has 0 bridgehead atoms. The zero-order valence-corrected chi connectivity index (χ0v) is 11.3. The predicted octanol–water partition coefficient (Wildman–Crippen LogP) is 1.26. The van der Waals surface area contributed by atoms with Crippen LogP contribution in [0.2, 0.25) is 0 Å². The van der Waals surface area contributed by atoms with Crippen LogP contribution in [0.5, 0.6) is 0 Å². The Kier molecular flexibility index (Phi) is 5.10. The molecule has 1 aromatic rings. The molecule has 4 nitrogen and oxygen atoms in total. The Hall–Kier alpha value is -0.690. The molecule has 0 spiro atoms. The lowest BCUT2D eigenvalue weighted by Crippen LogP contribution is -2.38. The van der Waals surface area contributed by atoms with Crippen LogP contribution in [-0.4, -0.2) is 21.0 Å². The second-order valence-electron chi connectivity index (χ2n) is 4.31. The van der Waals surface area contributed by atoms with Crippen molar-refractivity contribution in [1.29, 1.82) is 0 Å². The Morgan fingerprint density at radius 2 is 2.11 bits per heavy atom. The summed E-state index contributed by atoms with van der Waals surface area (Å²) in [6, 6.07) is 4.76. The lowest BCUT2D eigenvalue weighted by atomic mass is 10.2. The molecule has 3 N–H and O–H groups in total. The van der Waals surface area contributed by atoms with Gasteiger partial charge in [-0.3, -0.25) is 0 Å². The van der Waals surface area contributed by atoms with Crippen LogP contribution in [-0.2, 0) is 10.0 Å². The van der Waals surface area contributed by atoms with Crippen molar-refractivity contribution < 1.29 is 12.8 Å². The van der Waals surface area contributed by atoms with Crippen molar-refractivity contribution in [3.63, 3.8) is 0 Å². The highest BCUT2D eigenvalue weighted by atomic mass is 35.5. The van der Waals surface area contributed by atoms with E-state index in [1.54, 1.807) is 0 Å². The van der Waals surface area contributed by atoms with Crippen LogP contribution < -0.4 is 10.5 Å². The van der Waals surface area contributed by atoms with Gasteiger partial charge in [0.05, 0.1) is 4.90 Å². The van der Waals surface area contributed by atoms with Crippen molar-refractivity contribution in [2.24, 2.45) is 11.7 Å². The van der Waals surface area contributed by atoms with E-state index in [0.717, 1.165) is 18.9 Å². The summed E-state index contributed by atoms with van der Waals surface area (Å²) in [5, 5.41) is 0. The maximum absolute atomic E-state index is 12.9. The summed E-state index contributed by atoms with van der Waals surface area (Å²) in [6.07, 6.45) is 2.12. The average molecular weight is 295 g/mol. The van der Waals surface area contributed by atoms with Gasteiger partial charge in [0, 0.05) is 12.6 Å². The number of nitrogens with one attached hydrogen (secondary N) is 1. The summed E-state index contributed by atoms with van der Waals surface area (Å²) >= 11 is 0. The first-order valence-electron chi connectivity index (χ1n) is 5.50. The van der Waals surface area contributed by atoms with Crippen molar-refractivity contribution in [1.82, 2.24) is 4.72 Å². The number of rotatable bonds is 5. The molecule has 0 aromatic heterocycles. The fraction of sp³-hybridized carbons (Fsp3) is 0.455. The lowest BCUT2D eigenvalue weighted by Gasteiger charge is -2.12. The van der Waals surface area contributed by atoms with Crippen molar-refractivity contribution in [2.45, 2.75) is 23.8 Å². The second-order valence-corrected chi connectivity index (χ2v) is 6.08. The summed E-state index contributed by atoms with van der Waals surface area (Å²) in [6.45, 7) is 0.198. The molecule has 1 unspecified atom stereocenters. The van der Waals surface area contributed by atoms with E-state index in [1.165, 1.54) is 18.2 Å². The highest BCUT2D eigenvalue weighted by molar-refractivity contribution is 7.89. The number of halogens is 2. The quantitative estimate of drug-likeness (QED) is 0.859. The monoisotopic (exact) mass is 294 g/mol. The Balaban J connectivity index is 0.00000162. The average Bonchev–Trinajstić information content (AvgIpc) is 3.10. The van der Waals surface area contributed by atoms with Gasteiger partial charge in [0.15, 0.2) is 0 Å². The third-order valence-electron chi connectivity index (χ3n) is 2.84. The second kappa shape index (κ2) is 5.97. The largest absolute Gasteiger partial charge is 0.326 e.